The number of hydrogen-bond acceptors (Lipinski definition) is 3. The molecule has 0 aromatic carbocycles. The lowest BCUT2D eigenvalue weighted by Crippen LogP contribution is -2.46. The van der Waals surface area contributed by atoms with Crippen LogP contribution in [0.1, 0.15) is 32.6 Å². The number of ether oxygens (including phenoxy) is 1. The highest BCUT2D eigenvalue weighted by Gasteiger charge is 2.26. The van der Waals surface area contributed by atoms with Crippen molar-refractivity contribution < 1.29 is 9.53 Å². The third-order valence-corrected chi connectivity index (χ3v) is 3.17. The van der Waals surface area contributed by atoms with Crippen LogP contribution in [-0.2, 0) is 9.53 Å². The first-order valence-electron chi connectivity index (χ1n) is 6.25. The lowest BCUT2D eigenvalue weighted by molar-refractivity contribution is -0.126. The third kappa shape index (κ3) is 4.49. The highest BCUT2D eigenvalue weighted by atomic mass is 16.5. The summed E-state index contributed by atoms with van der Waals surface area (Å²) in [5.74, 6) is 0.355. The maximum absolute atomic E-state index is 11.9. The second kappa shape index (κ2) is 7.63. The van der Waals surface area contributed by atoms with E-state index >= 15 is 0 Å². The largest absolute Gasteiger partial charge is 0.385 e. The molecule has 2 N–H and O–H groups in total. The number of carbonyl (C=O) groups excluding carboxylic acids is 1. The molecule has 4 nitrogen and oxygen atoms in total. The molecule has 1 amide bonds. The van der Waals surface area contributed by atoms with E-state index in [0.717, 1.165) is 45.4 Å². The fourth-order valence-electron chi connectivity index (χ4n) is 2.12. The van der Waals surface area contributed by atoms with E-state index in [1.165, 1.54) is 0 Å². The van der Waals surface area contributed by atoms with Gasteiger partial charge in [-0.1, -0.05) is 0 Å². The van der Waals surface area contributed by atoms with Crippen molar-refractivity contribution in [3.05, 3.63) is 0 Å². The second-order valence-corrected chi connectivity index (χ2v) is 4.48. The van der Waals surface area contributed by atoms with Crippen LogP contribution in [0.5, 0.6) is 0 Å². The Morgan fingerprint density at radius 3 is 3.00 bits per heavy atom. The van der Waals surface area contributed by atoms with Gasteiger partial charge in [0.2, 0.25) is 5.91 Å². The van der Waals surface area contributed by atoms with Crippen LogP contribution in [0.25, 0.3) is 0 Å². The first-order chi connectivity index (χ1) is 7.75. The molecule has 1 rings (SSSR count). The number of amides is 1. The fraction of sp³-hybridized carbons (Fsp3) is 0.917. The number of hydrogen-bond donors (Lipinski definition) is 2. The molecular weight excluding hydrogens is 204 g/mol. The summed E-state index contributed by atoms with van der Waals surface area (Å²) in [6, 6.07) is 0.313. The van der Waals surface area contributed by atoms with Gasteiger partial charge in [-0.3, -0.25) is 4.79 Å². The van der Waals surface area contributed by atoms with Gasteiger partial charge in [-0.2, -0.15) is 0 Å². The average Bonchev–Trinajstić information content (AvgIpc) is 2.29. The van der Waals surface area contributed by atoms with Gasteiger partial charge in [0.25, 0.3) is 0 Å². The van der Waals surface area contributed by atoms with E-state index in [4.69, 9.17) is 4.74 Å². The van der Waals surface area contributed by atoms with Crippen molar-refractivity contribution in [3.63, 3.8) is 0 Å². The van der Waals surface area contributed by atoms with Crippen LogP contribution in [0.3, 0.4) is 0 Å². The Morgan fingerprint density at radius 1 is 1.50 bits per heavy atom. The molecule has 0 bridgehead atoms. The van der Waals surface area contributed by atoms with Crippen molar-refractivity contribution in [2.75, 3.05) is 26.8 Å². The van der Waals surface area contributed by atoms with Crippen LogP contribution in [0.4, 0.5) is 0 Å². The highest BCUT2D eigenvalue weighted by Crippen LogP contribution is 2.16. The number of methoxy groups -OCH3 is 1. The minimum atomic E-state index is 0.149. The summed E-state index contributed by atoms with van der Waals surface area (Å²) >= 11 is 0. The normalized spacial score (nSPS) is 25.4. The predicted octanol–water partition coefficient (Wildman–Crippen LogP) is 0.917. The van der Waals surface area contributed by atoms with E-state index in [1.807, 2.05) is 0 Å². The maximum atomic E-state index is 11.9. The number of nitrogens with one attached hydrogen (secondary N) is 2. The molecule has 0 saturated carbocycles. The van der Waals surface area contributed by atoms with E-state index < -0.39 is 0 Å². The molecule has 94 valence electrons. The van der Waals surface area contributed by atoms with Gasteiger partial charge in [0.05, 0.1) is 5.92 Å². The fourth-order valence-corrected chi connectivity index (χ4v) is 2.12. The first-order valence-corrected chi connectivity index (χ1v) is 6.25. The van der Waals surface area contributed by atoms with Gasteiger partial charge in [0.15, 0.2) is 0 Å². The Morgan fingerprint density at radius 2 is 2.31 bits per heavy atom. The quantitative estimate of drug-likeness (QED) is 0.665. The zero-order chi connectivity index (χ0) is 11.8. The summed E-state index contributed by atoms with van der Waals surface area (Å²) in [6.45, 7) is 4.68. The molecule has 0 radical (unpaired) electrons. The van der Waals surface area contributed by atoms with Crippen LogP contribution in [-0.4, -0.2) is 38.8 Å². The van der Waals surface area contributed by atoms with E-state index in [1.54, 1.807) is 7.11 Å². The Hall–Kier alpha value is -0.610. The average molecular weight is 228 g/mol. The standard InChI is InChI=1S/C12H24N2O2/c1-10-11(6-5-8-13-10)12(15)14-7-3-4-9-16-2/h10-11,13H,3-9H2,1-2H3,(H,14,15). The Balaban J connectivity index is 2.13. The van der Waals surface area contributed by atoms with Gasteiger partial charge in [0, 0.05) is 26.3 Å². The molecule has 1 heterocycles. The van der Waals surface area contributed by atoms with Gasteiger partial charge < -0.3 is 15.4 Å². The summed E-state index contributed by atoms with van der Waals surface area (Å²) in [5.41, 5.74) is 0. The third-order valence-electron chi connectivity index (χ3n) is 3.17. The first kappa shape index (κ1) is 13.5. The van der Waals surface area contributed by atoms with Crippen molar-refractivity contribution in [1.82, 2.24) is 10.6 Å². The molecule has 4 heteroatoms. The molecular formula is C12H24N2O2. The molecule has 0 spiro atoms. The summed E-state index contributed by atoms with van der Waals surface area (Å²) in [5, 5.41) is 6.35. The summed E-state index contributed by atoms with van der Waals surface area (Å²) in [7, 11) is 1.70. The number of carbonyl (C=O) groups is 1. The molecule has 0 aliphatic carbocycles. The topological polar surface area (TPSA) is 50.4 Å². The van der Waals surface area contributed by atoms with Crippen LogP contribution in [0.15, 0.2) is 0 Å². The minimum Gasteiger partial charge on any atom is -0.385 e. The number of piperidine rings is 1. The molecule has 0 aromatic rings. The molecule has 2 atom stereocenters. The van der Waals surface area contributed by atoms with Crippen molar-refractivity contribution >= 4 is 5.91 Å². The van der Waals surface area contributed by atoms with Crippen molar-refractivity contribution in [1.29, 1.82) is 0 Å². The number of rotatable bonds is 6. The zero-order valence-corrected chi connectivity index (χ0v) is 10.4. The second-order valence-electron chi connectivity index (χ2n) is 4.48. The molecule has 1 aliphatic heterocycles. The van der Waals surface area contributed by atoms with E-state index in [9.17, 15) is 4.79 Å². The SMILES string of the molecule is COCCCCNC(=O)C1CCCNC1C. The Labute approximate surface area is 98.1 Å². The van der Waals surface area contributed by atoms with E-state index in [2.05, 4.69) is 17.6 Å². The molecule has 2 unspecified atom stereocenters. The van der Waals surface area contributed by atoms with Gasteiger partial charge in [-0.25, -0.2) is 0 Å². The molecule has 1 fully saturated rings. The molecule has 1 aliphatic rings. The van der Waals surface area contributed by atoms with Gasteiger partial charge in [-0.15, -0.1) is 0 Å². The van der Waals surface area contributed by atoms with Gasteiger partial charge >= 0.3 is 0 Å². The Bertz CT molecular complexity index is 209. The molecule has 0 aromatic heterocycles. The predicted molar refractivity (Wildman–Crippen MR) is 64.3 cm³/mol. The lowest BCUT2D eigenvalue weighted by atomic mass is 9.91. The smallest absolute Gasteiger partial charge is 0.224 e. The summed E-state index contributed by atoms with van der Waals surface area (Å²) in [6.07, 6.45) is 4.12. The maximum Gasteiger partial charge on any atom is 0.224 e. The summed E-state index contributed by atoms with van der Waals surface area (Å²) < 4.78 is 4.96. The molecule has 1 saturated heterocycles. The van der Waals surface area contributed by atoms with Crippen LogP contribution in [0, 0.1) is 5.92 Å². The van der Waals surface area contributed by atoms with Crippen molar-refractivity contribution in [2.24, 2.45) is 5.92 Å². The highest BCUT2D eigenvalue weighted by molar-refractivity contribution is 5.79. The van der Waals surface area contributed by atoms with Crippen molar-refractivity contribution in [3.8, 4) is 0 Å². The van der Waals surface area contributed by atoms with Gasteiger partial charge in [-0.05, 0) is 39.2 Å². The minimum absolute atomic E-state index is 0.149. The monoisotopic (exact) mass is 228 g/mol. The lowest BCUT2D eigenvalue weighted by Gasteiger charge is -2.28. The van der Waals surface area contributed by atoms with Crippen LogP contribution < -0.4 is 10.6 Å². The molecule has 16 heavy (non-hydrogen) atoms. The van der Waals surface area contributed by atoms with Crippen molar-refractivity contribution in [2.45, 2.75) is 38.6 Å². The van der Waals surface area contributed by atoms with Crippen LogP contribution >= 0.6 is 0 Å². The summed E-state index contributed by atoms with van der Waals surface area (Å²) in [4.78, 5) is 11.9. The number of unbranched alkanes of at least 4 members (excludes halogenated alkanes) is 1. The van der Waals surface area contributed by atoms with E-state index in [-0.39, 0.29) is 11.8 Å². The van der Waals surface area contributed by atoms with Gasteiger partial charge in [0.1, 0.15) is 0 Å². The Kier molecular flexibility index (Phi) is 6.42. The van der Waals surface area contributed by atoms with Crippen LogP contribution in [0.2, 0.25) is 0 Å². The van der Waals surface area contributed by atoms with E-state index in [0.29, 0.717) is 6.04 Å². The zero-order valence-electron chi connectivity index (χ0n) is 10.4.